The molecule has 5 nitrogen and oxygen atoms in total. The van der Waals surface area contributed by atoms with Gasteiger partial charge in [0.05, 0.1) is 24.3 Å². The minimum absolute atomic E-state index is 0.194. The normalized spacial score (nSPS) is 15.1. The molecule has 0 saturated heterocycles. The number of cyclic esters (lactones) is 1. The summed E-state index contributed by atoms with van der Waals surface area (Å²) in [6, 6.07) is 12.4. The second-order valence-corrected chi connectivity index (χ2v) is 5.57. The number of halogens is 1. The van der Waals surface area contributed by atoms with Crippen LogP contribution in [0.15, 0.2) is 53.2 Å². The van der Waals surface area contributed by atoms with E-state index in [1.54, 1.807) is 49.6 Å². The molecule has 0 atom stereocenters. The summed E-state index contributed by atoms with van der Waals surface area (Å²) in [6.45, 7) is 2.43. The van der Waals surface area contributed by atoms with Gasteiger partial charge in [-0.15, -0.1) is 0 Å². The number of hydrogen-bond acceptors (Lipinski definition) is 5. The molecule has 0 aliphatic carbocycles. The average molecular weight is 358 g/mol. The molecule has 0 N–H and O–H groups in total. The van der Waals surface area contributed by atoms with Gasteiger partial charge >= 0.3 is 5.97 Å². The molecule has 6 heteroatoms. The van der Waals surface area contributed by atoms with E-state index in [1.165, 1.54) is 0 Å². The first-order valence-electron chi connectivity index (χ1n) is 7.70. The lowest BCUT2D eigenvalue weighted by molar-refractivity contribution is -0.129. The van der Waals surface area contributed by atoms with Gasteiger partial charge in [-0.1, -0.05) is 29.8 Å². The van der Waals surface area contributed by atoms with Gasteiger partial charge in [0.25, 0.3) is 0 Å². The molecule has 0 amide bonds. The van der Waals surface area contributed by atoms with Crippen LogP contribution in [-0.4, -0.2) is 25.6 Å². The van der Waals surface area contributed by atoms with Gasteiger partial charge < -0.3 is 14.2 Å². The molecule has 0 bridgehead atoms. The summed E-state index contributed by atoms with van der Waals surface area (Å²) in [5.41, 5.74) is 1.52. The molecule has 1 aliphatic rings. The van der Waals surface area contributed by atoms with E-state index >= 15 is 0 Å². The molecule has 0 radical (unpaired) electrons. The van der Waals surface area contributed by atoms with Gasteiger partial charge in [0.1, 0.15) is 0 Å². The van der Waals surface area contributed by atoms with Crippen molar-refractivity contribution in [3.8, 4) is 11.5 Å². The molecular formula is C19H16ClNO4. The fraction of sp³-hybridized carbons (Fsp3) is 0.158. The third kappa shape index (κ3) is 3.67. The Morgan fingerprint density at radius 2 is 2.00 bits per heavy atom. The second-order valence-electron chi connectivity index (χ2n) is 5.16. The van der Waals surface area contributed by atoms with Crippen molar-refractivity contribution in [2.75, 3.05) is 13.7 Å². The van der Waals surface area contributed by atoms with Crippen LogP contribution >= 0.6 is 11.6 Å². The number of carbonyl (C=O) groups is 1. The van der Waals surface area contributed by atoms with Crippen molar-refractivity contribution in [1.29, 1.82) is 0 Å². The highest BCUT2D eigenvalue weighted by Crippen LogP contribution is 2.30. The van der Waals surface area contributed by atoms with E-state index in [-0.39, 0.29) is 11.6 Å². The Labute approximate surface area is 150 Å². The monoisotopic (exact) mass is 357 g/mol. The van der Waals surface area contributed by atoms with Crippen LogP contribution in [0.5, 0.6) is 11.5 Å². The number of aliphatic imine (C=N–C) groups is 1. The maximum Gasteiger partial charge on any atom is 0.363 e. The number of esters is 1. The standard InChI is InChI=1S/C19H16ClNO4/c1-3-24-16-9-8-12(11-17(16)23-2)10-15-19(22)25-18(21-15)13-6-4-5-7-14(13)20/h4-11H,3H2,1-2H3/b15-10+. The minimum atomic E-state index is -0.525. The molecular weight excluding hydrogens is 342 g/mol. The smallest absolute Gasteiger partial charge is 0.363 e. The Bertz CT molecular complexity index is 873. The van der Waals surface area contributed by atoms with Crippen molar-refractivity contribution in [2.24, 2.45) is 4.99 Å². The van der Waals surface area contributed by atoms with Crippen molar-refractivity contribution in [3.63, 3.8) is 0 Å². The SMILES string of the molecule is CCOc1ccc(/C=C2/N=C(c3ccccc3Cl)OC2=O)cc1OC. The Hall–Kier alpha value is -2.79. The highest BCUT2D eigenvalue weighted by atomic mass is 35.5. The Balaban J connectivity index is 1.93. The van der Waals surface area contributed by atoms with E-state index in [2.05, 4.69) is 4.99 Å². The minimum Gasteiger partial charge on any atom is -0.493 e. The number of ether oxygens (including phenoxy) is 3. The maximum absolute atomic E-state index is 12.1. The van der Waals surface area contributed by atoms with Gasteiger partial charge in [-0.25, -0.2) is 9.79 Å². The number of benzene rings is 2. The van der Waals surface area contributed by atoms with Crippen LogP contribution in [0.25, 0.3) is 6.08 Å². The molecule has 0 spiro atoms. The molecule has 0 saturated carbocycles. The fourth-order valence-corrected chi connectivity index (χ4v) is 2.58. The predicted octanol–water partition coefficient (Wildman–Crippen LogP) is 4.09. The molecule has 0 aromatic heterocycles. The van der Waals surface area contributed by atoms with Crippen LogP contribution in [0, 0.1) is 0 Å². The summed E-state index contributed by atoms with van der Waals surface area (Å²) < 4.78 is 16.0. The van der Waals surface area contributed by atoms with Gasteiger partial charge in [0.15, 0.2) is 17.2 Å². The third-order valence-corrected chi connectivity index (χ3v) is 3.85. The van der Waals surface area contributed by atoms with E-state index < -0.39 is 5.97 Å². The molecule has 3 rings (SSSR count). The summed E-state index contributed by atoms with van der Waals surface area (Å²) in [5.74, 6) is 0.891. The zero-order valence-electron chi connectivity index (χ0n) is 13.8. The summed E-state index contributed by atoms with van der Waals surface area (Å²) in [7, 11) is 1.56. The number of nitrogens with zero attached hydrogens (tertiary/aromatic N) is 1. The third-order valence-electron chi connectivity index (χ3n) is 3.52. The molecule has 1 aliphatic heterocycles. The second kappa shape index (κ2) is 7.40. The van der Waals surface area contributed by atoms with Gasteiger partial charge in [-0.3, -0.25) is 0 Å². The number of hydrogen-bond donors (Lipinski definition) is 0. The lowest BCUT2D eigenvalue weighted by Gasteiger charge is -2.09. The molecule has 25 heavy (non-hydrogen) atoms. The van der Waals surface area contributed by atoms with E-state index in [9.17, 15) is 4.79 Å². The van der Waals surface area contributed by atoms with Crippen LogP contribution in [0.3, 0.4) is 0 Å². The summed E-state index contributed by atoms with van der Waals surface area (Å²) >= 11 is 6.12. The predicted molar refractivity (Wildman–Crippen MR) is 96.2 cm³/mol. The topological polar surface area (TPSA) is 57.1 Å². The Kier molecular flexibility index (Phi) is 5.05. The van der Waals surface area contributed by atoms with Crippen molar-refractivity contribution in [2.45, 2.75) is 6.92 Å². The van der Waals surface area contributed by atoms with Crippen LogP contribution in [0.1, 0.15) is 18.1 Å². The number of rotatable bonds is 5. The van der Waals surface area contributed by atoms with Crippen molar-refractivity contribution in [1.82, 2.24) is 0 Å². The van der Waals surface area contributed by atoms with Crippen molar-refractivity contribution >= 4 is 29.5 Å². The Morgan fingerprint density at radius 1 is 1.20 bits per heavy atom. The zero-order chi connectivity index (χ0) is 17.8. The fourth-order valence-electron chi connectivity index (χ4n) is 2.37. The largest absolute Gasteiger partial charge is 0.493 e. The molecule has 2 aromatic rings. The van der Waals surface area contributed by atoms with Crippen molar-refractivity contribution < 1.29 is 19.0 Å². The molecule has 0 fully saturated rings. The highest BCUT2D eigenvalue weighted by Gasteiger charge is 2.25. The lowest BCUT2D eigenvalue weighted by atomic mass is 10.1. The highest BCUT2D eigenvalue weighted by molar-refractivity contribution is 6.34. The molecule has 1 heterocycles. The van der Waals surface area contributed by atoms with E-state index in [4.69, 9.17) is 25.8 Å². The Morgan fingerprint density at radius 3 is 2.72 bits per heavy atom. The van der Waals surface area contributed by atoms with E-state index in [0.717, 1.165) is 5.56 Å². The van der Waals surface area contributed by atoms with Crippen LogP contribution in [0.2, 0.25) is 5.02 Å². The molecule has 128 valence electrons. The summed E-state index contributed by atoms with van der Waals surface area (Å²) in [5, 5.41) is 0.470. The number of methoxy groups -OCH3 is 1. The first-order chi connectivity index (χ1) is 12.1. The van der Waals surface area contributed by atoms with Crippen LogP contribution < -0.4 is 9.47 Å². The van der Waals surface area contributed by atoms with Crippen LogP contribution in [-0.2, 0) is 9.53 Å². The summed E-state index contributed by atoms with van der Waals surface area (Å²) in [6.07, 6.45) is 1.63. The maximum atomic E-state index is 12.1. The average Bonchev–Trinajstić information content (AvgIpc) is 2.97. The first kappa shape index (κ1) is 17.0. The molecule has 0 unspecified atom stereocenters. The van der Waals surface area contributed by atoms with E-state index in [1.807, 2.05) is 13.0 Å². The quantitative estimate of drug-likeness (QED) is 0.597. The summed E-state index contributed by atoms with van der Waals surface area (Å²) in [4.78, 5) is 16.4. The van der Waals surface area contributed by atoms with Gasteiger partial charge in [0, 0.05) is 0 Å². The van der Waals surface area contributed by atoms with Gasteiger partial charge in [-0.2, -0.15) is 0 Å². The van der Waals surface area contributed by atoms with Crippen LogP contribution in [0.4, 0.5) is 0 Å². The number of carbonyl (C=O) groups excluding carboxylic acids is 1. The van der Waals surface area contributed by atoms with Crippen molar-refractivity contribution in [3.05, 3.63) is 64.3 Å². The lowest BCUT2D eigenvalue weighted by Crippen LogP contribution is -2.05. The van der Waals surface area contributed by atoms with Gasteiger partial charge in [0.2, 0.25) is 5.90 Å². The molecule has 2 aromatic carbocycles. The zero-order valence-corrected chi connectivity index (χ0v) is 14.5. The van der Waals surface area contributed by atoms with E-state index in [0.29, 0.717) is 28.7 Å². The van der Waals surface area contributed by atoms with Gasteiger partial charge in [-0.05, 0) is 42.8 Å². The first-order valence-corrected chi connectivity index (χ1v) is 8.08.